The van der Waals surface area contributed by atoms with Crippen molar-refractivity contribution in [2.75, 3.05) is 26.2 Å². The van der Waals surface area contributed by atoms with Gasteiger partial charge in [-0.15, -0.1) is 24.8 Å². The van der Waals surface area contributed by atoms with Gasteiger partial charge in [-0.3, -0.25) is 9.88 Å². The van der Waals surface area contributed by atoms with Crippen LogP contribution in [0.25, 0.3) is 10.9 Å². The van der Waals surface area contributed by atoms with Crippen molar-refractivity contribution in [3.8, 4) is 0 Å². The maximum atomic E-state index is 4.55. The summed E-state index contributed by atoms with van der Waals surface area (Å²) in [6.45, 7) is 6.69. The molecular formula is C15H21Cl2N3. The smallest absolute Gasteiger partial charge is 0.0749 e. The molecule has 1 saturated heterocycles. The highest BCUT2D eigenvalue weighted by Gasteiger charge is 2.19. The van der Waals surface area contributed by atoms with Crippen LogP contribution in [0.15, 0.2) is 36.5 Å². The molecule has 1 aromatic carbocycles. The summed E-state index contributed by atoms with van der Waals surface area (Å²) in [4.78, 5) is 7.08. The highest BCUT2D eigenvalue weighted by molar-refractivity contribution is 5.85. The molecule has 0 spiro atoms. The first kappa shape index (κ1) is 17.2. The summed E-state index contributed by atoms with van der Waals surface area (Å²) in [5.41, 5.74) is 2.49. The molecule has 0 radical (unpaired) electrons. The first-order valence-corrected chi connectivity index (χ1v) is 6.64. The van der Waals surface area contributed by atoms with E-state index in [4.69, 9.17) is 0 Å². The van der Waals surface area contributed by atoms with Gasteiger partial charge in [-0.1, -0.05) is 24.3 Å². The zero-order valence-electron chi connectivity index (χ0n) is 11.6. The molecule has 110 valence electrons. The summed E-state index contributed by atoms with van der Waals surface area (Å²) in [7, 11) is 0. The number of hydrogen-bond donors (Lipinski definition) is 1. The fourth-order valence-electron chi connectivity index (χ4n) is 2.73. The minimum Gasteiger partial charge on any atom is -0.314 e. The maximum absolute atomic E-state index is 4.55. The highest BCUT2D eigenvalue weighted by atomic mass is 35.5. The number of nitrogens with one attached hydrogen (secondary N) is 1. The first-order valence-electron chi connectivity index (χ1n) is 6.64. The molecule has 1 N–H and O–H groups in total. The van der Waals surface area contributed by atoms with Crippen molar-refractivity contribution in [1.82, 2.24) is 15.2 Å². The van der Waals surface area contributed by atoms with Crippen LogP contribution < -0.4 is 5.32 Å². The largest absolute Gasteiger partial charge is 0.314 e. The van der Waals surface area contributed by atoms with Crippen LogP contribution in [0.3, 0.4) is 0 Å². The van der Waals surface area contributed by atoms with Gasteiger partial charge in [0, 0.05) is 43.8 Å². The number of piperazine rings is 1. The van der Waals surface area contributed by atoms with Crippen molar-refractivity contribution in [2.45, 2.75) is 13.0 Å². The third-order valence-electron chi connectivity index (χ3n) is 3.81. The quantitative estimate of drug-likeness (QED) is 0.923. The van der Waals surface area contributed by atoms with Crippen molar-refractivity contribution in [3.05, 3.63) is 42.1 Å². The second-order valence-corrected chi connectivity index (χ2v) is 4.88. The minimum absolute atomic E-state index is 0. The number of para-hydroxylation sites is 1. The van der Waals surface area contributed by atoms with Gasteiger partial charge in [0.1, 0.15) is 0 Å². The molecule has 1 unspecified atom stereocenters. The monoisotopic (exact) mass is 313 g/mol. The molecule has 3 nitrogen and oxygen atoms in total. The minimum atomic E-state index is 0. The van der Waals surface area contributed by atoms with Gasteiger partial charge in [0.2, 0.25) is 0 Å². The standard InChI is InChI=1S/C15H19N3.2ClH/c1-12(18-10-8-16-9-11-18)14-6-2-4-13-5-3-7-17-15(13)14;;/h2-7,12,16H,8-11H2,1H3;2*1H. The maximum Gasteiger partial charge on any atom is 0.0749 e. The molecule has 1 fully saturated rings. The third kappa shape index (κ3) is 3.41. The molecule has 1 aliphatic rings. The molecule has 3 rings (SSSR count). The Morgan fingerprint density at radius 2 is 1.80 bits per heavy atom. The first-order chi connectivity index (χ1) is 8.86. The zero-order chi connectivity index (χ0) is 12.4. The van der Waals surface area contributed by atoms with Crippen LogP contribution in [0.2, 0.25) is 0 Å². The van der Waals surface area contributed by atoms with E-state index in [0.717, 1.165) is 31.7 Å². The number of fused-ring (bicyclic) bond motifs is 1. The van der Waals surface area contributed by atoms with Crippen molar-refractivity contribution >= 4 is 35.7 Å². The normalized spacial score (nSPS) is 17.1. The van der Waals surface area contributed by atoms with Gasteiger partial charge in [0.15, 0.2) is 0 Å². The number of benzene rings is 1. The molecular weight excluding hydrogens is 293 g/mol. The molecule has 20 heavy (non-hydrogen) atoms. The van der Waals surface area contributed by atoms with E-state index in [2.05, 4.69) is 46.4 Å². The summed E-state index contributed by atoms with van der Waals surface area (Å²) < 4.78 is 0. The van der Waals surface area contributed by atoms with Gasteiger partial charge in [-0.2, -0.15) is 0 Å². The van der Waals surface area contributed by atoms with Gasteiger partial charge < -0.3 is 5.32 Å². The lowest BCUT2D eigenvalue weighted by atomic mass is 10.0. The van der Waals surface area contributed by atoms with Crippen molar-refractivity contribution in [3.63, 3.8) is 0 Å². The summed E-state index contributed by atoms with van der Waals surface area (Å²) in [6.07, 6.45) is 1.89. The Morgan fingerprint density at radius 3 is 2.55 bits per heavy atom. The fourth-order valence-corrected chi connectivity index (χ4v) is 2.73. The van der Waals surface area contributed by atoms with E-state index in [1.165, 1.54) is 10.9 Å². The molecule has 1 aromatic heterocycles. The number of pyridine rings is 1. The third-order valence-corrected chi connectivity index (χ3v) is 3.81. The molecule has 0 aliphatic carbocycles. The average Bonchev–Trinajstić information content (AvgIpc) is 2.47. The van der Waals surface area contributed by atoms with Crippen LogP contribution in [0, 0.1) is 0 Å². The Kier molecular flexibility index (Phi) is 6.69. The van der Waals surface area contributed by atoms with Crippen molar-refractivity contribution < 1.29 is 0 Å². The number of aromatic nitrogens is 1. The molecule has 0 bridgehead atoms. The van der Waals surface area contributed by atoms with Gasteiger partial charge in [0.25, 0.3) is 0 Å². The van der Waals surface area contributed by atoms with Crippen LogP contribution in [0.1, 0.15) is 18.5 Å². The number of halogens is 2. The fraction of sp³-hybridized carbons (Fsp3) is 0.400. The Balaban J connectivity index is 0.000001000. The van der Waals surface area contributed by atoms with Gasteiger partial charge in [0.05, 0.1) is 5.52 Å². The van der Waals surface area contributed by atoms with Crippen molar-refractivity contribution in [2.24, 2.45) is 0 Å². The molecule has 1 atom stereocenters. The lowest BCUT2D eigenvalue weighted by Gasteiger charge is -2.33. The second-order valence-electron chi connectivity index (χ2n) is 4.88. The summed E-state index contributed by atoms with van der Waals surface area (Å²) >= 11 is 0. The van der Waals surface area contributed by atoms with Crippen LogP contribution in [0.5, 0.6) is 0 Å². The average molecular weight is 314 g/mol. The Labute approximate surface area is 132 Å². The predicted molar refractivity (Wildman–Crippen MR) is 89.1 cm³/mol. The molecule has 1 aliphatic heterocycles. The van der Waals surface area contributed by atoms with E-state index in [1.54, 1.807) is 0 Å². The second kappa shape index (κ2) is 7.79. The zero-order valence-corrected chi connectivity index (χ0v) is 13.2. The van der Waals surface area contributed by atoms with E-state index in [0.29, 0.717) is 6.04 Å². The van der Waals surface area contributed by atoms with Crippen molar-refractivity contribution in [1.29, 1.82) is 0 Å². The van der Waals surface area contributed by atoms with Crippen LogP contribution >= 0.6 is 24.8 Å². The molecule has 2 aromatic rings. The number of nitrogens with zero attached hydrogens (tertiary/aromatic N) is 2. The summed E-state index contributed by atoms with van der Waals surface area (Å²) in [5.74, 6) is 0. The lowest BCUT2D eigenvalue weighted by molar-refractivity contribution is 0.186. The Morgan fingerprint density at radius 1 is 1.10 bits per heavy atom. The Hall–Kier alpha value is -0.870. The lowest BCUT2D eigenvalue weighted by Crippen LogP contribution is -2.44. The Bertz CT molecular complexity index is 536. The number of hydrogen-bond acceptors (Lipinski definition) is 3. The van der Waals surface area contributed by atoms with Crippen LogP contribution in [-0.2, 0) is 0 Å². The van der Waals surface area contributed by atoms with E-state index in [-0.39, 0.29) is 24.8 Å². The van der Waals surface area contributed by atoms with E-state index < -0.39 is 0 Å². The van der Waals surface area contributed by atoms with Crippen LogP contribution in [-0.4, -0.2) is 36.1 Å². The molecule has 5 heteroatoms. The highest BCUT2D eigenvalue weighted by Crippen LogP contribution is 2.26. The molecule has 2 heterocycles. The van der Waals surface area contributed by atoms with E-state index in [1.807, 2.05) is 12.3 Å². The molecule has 0 amide bonds. The van der Waals surface area contributed by atoms with Gasteiger partial charge in [-0.25, -0.2) is 0 Å². The predicted octanol–water partition coefficient (Wildman–Crippen LogP) is 3.04. The SMILES string of the molecule is CC(c1cccc2cccnc12)N1CCNCC1.Cl.Cl. The number of rotatable bonds is 2. The molecule has 0 saturated carbocycles. The van der Waals surface area contributed by atoms with Gasteiger partial charge in [-0.05, 0) is 18.6 Å². The topological polar surface area (TPSA) is 28.2 Å². The summed E-state index contributed by atoms with van der Waals surface area (Å²) in [6, 6.07) is 11.1. The summed E-state index contributed by atoms with van der Waals surface area (Å²) in [5, 5.41) is 4.63. The van der Waals surface area contributed by atoms with Gasteiger partial charge >= 0.3 is 0 Å². The van der Waals surface area contributed by atoms with E-state index >= 15 is 0 Å². The van der Waals surface area contributed by atoms with Crippen LogP contribution in [0.4, 0.5) is 0 Å². The van der Waals surface area contributed by atoms with E-state index in [9.17, 15) is 0 Å².